The summed E-state index contributed by atoms with van der Waals surface area (Å²) < 4.78 is 37.2. The molecule has 0 saturated heterocycles. The Bertz CT molecular complexity index is 368. The van der Waals surface area contributed by atoms with Crippen molar-refractivity contribution in [2.45, 2.75) is 32.7 Å². The molecule has 96 valence electrons. The lowest BCUT2D eigenvalue weighted by Gasteiger charge is -2.28. The van der Waals surface area contributed by atoms with E-state index in [9.17, 15) is 13.2 Å². The SMILES string of the molecule is CC(C)N(CC(F)(F)F)c1cncc(CO)n1. The summed E-state index contributed by atoms with van der Waals surface area (Å²) in [5.41, 5.74) is 0.246. The first-order chi connectivity index (χ1) is 7.83. The van der Waals surface area contributed by atoms with E-state index in [0.29, 0.717) is 0 Å². The normalized spacial score (nSPS) is 11.9. The minimum atomic E-state index is -4.30. The van der Waals surface area contributed by atoms with Crippen molar-refractivity contribution in [2.75, 3.05) is 11.4 Å². The van der Waals surface area contributed by atoms with Gasteiger partial charge in [0.25, 0.3) is 0 Å². The first kappa shape index (κ1) is 13.7. The van der Waals surface area contributed by atoms with Crippen LogP contribution in [0.15, 0.2) is 12.4 Å². The molecule has 0 spiro atoms. The van der Waals surface area contributed by atoms with Gasteiger partial charge in [-0.15, -0.1) is 0 Å². The lowest BCUT2D eigenvalue weighted by atomic mass is 10.3. The van der Waals surface area contributed by atoms with E-state index in [1.54, 1.807) is 13.8 Å². The van der Waals surface area contributed by atoms with E-state index in [4.69, 9.17) is 5.11 Å². The number of hydrogen-bond donors (Lipinski definition) is 1. The van der Waals surface area contributed by atoms with Crippen molar-refractivity contribution in [3.8, 4) is 0 Å². The Morgan fingerprint density at radius 2 is 2.00 bits per heavy atom. The van der Waals surface area contributed by atoms with Crippen molar-refractivity contribution in [3.05, 3.63) is 18.1 Å². The van der Waals surface area contributed by atoms with Gasteiger partial charge in [-0.3, -0.25) is 4.98 Å². The number of rotatable bonds is 4. The molecule has 0 atom stereocenters. The highest BCUT2D eigenvalue weighted by Crippen LogP contribution is 2.22. The number of hydrogen-bond acceptors (Lipinski definition) is 4. The maximum absolute atomic E-state index is 12.4. The van der Waals surface area contributed by atoms with Crippen LogP contribution in [0.5, 0.6) is 0 Å². The summed E-state index contributed by atoms with van der Waals surface area (Å²) in [6.45, 7) is 1.84. The van der Waals surface area contributed by atoms with Crippen molar-refractivity contribution in [3.63, 3.8) is 0 Å². The van der Waals surface area contributed by atoms with Crippen molar-refractivity contribution in [1.82, 2.24) is 9.97 Å². The summed E-state index contributed by atoms with van der Waals surface area (Å²) in [5, 5.41) is 8.87. The highest BCUT2D eigenvalue weighted by Gasteiger charge is 2.32. The predicted molar refractivity (Wildman–Crippen MR) is 56.5 cm³/mol. The van der Waals surface area contributed by atoms with E-state index in [1.807, 2.05) is 0 Å². The summed E-state index contributed by atoms with van der Waals surface area (Å²) in [6, 6.07) is -0.361. The van der Waals surface area contributed by atoms with Crippen LogP contribution < -0.4 is 4.90 Å². The van der Waals surface area contributed by atoms with Crippen LogP contribution in [0.25, 0.3) is 0 Å². The van der Waals surface area contributed by atoms with E-state index < -0.39 is 12.7 Å². The molecular weight excluding hydrogens is 235 g/mol. The van der Waals surface area contributed by atoms with Crippen LogP contribution >= 0.6 is 0 Å². The fourth-order valence-corrected chi connectivity index (χ4v) is 1.33. The van der Waals surface area contributed by atoms with Gasteiger partial charge in [0.2, 0.25) is 0 Å². The molecule has 0 amide bonds. The van der Waals surface area contributed by atoms with Crippen molar-refractivity contribution in [1.29, 1.82) is 0 Å². The molecule has 0 unspecified atom stereocenters. The highest BCUT2D eigenvalue weighted by molar-refractivity contribution is 5.37. The third-order valence-electron chi connectivity index (χ3n) is 2.10. The Kier molecular flexibility index (Phi) is 4.28. The Balaban J connectivity index is 2.97. The minimum absolute atomic E-state index is 0.115. The second-order valence-corrected chi connectivity index (χ2v) is 3.86. The van der Waals surface area contributed by atoms with Crippen LogP contribution in [-0.4, -0.2) is 33.8 Å². The lowest BCUT2D eigenvalue weighted by molar-refractivity contribution is -0.120. The molecule has 0 saturated carbocycles. The standard InChI is InChI=1S/C10H14F3N3O/c1-7(2)16(6-10(11,12)13)9-4-14-3-8(5-17)15-9/h3-4,7,17H,5-6H2,1-2H3. The van der Waals surface area contributed by atoms with Crippen LogP contribution in [0.4, 0.5) is 19.0 Å². The molecule has 4 nitrogen and oxygen atoms in total. The molecule has 1 rings (SSSR count). The fraction of sp³-hybridized carbons (Fsp3) is 0.600. The molecule has 17 heavy (non-hydrogen) atoms. The second kappa shape index (κ2) is 5.31. The molecule has 1 heterocycles. The fourth-order valence-electron chi connectivity index (χ4n) is 1.33. The monoisotopic (exact) mass is 249 g/mol. The average Bonchev–Trinajstić information content (AvgIpc) is 2.24. The third kappa shape index (κ3) is 4.18. The van der Waals surface area contributed by atoms with Crippen LogP contribution in [0.1, 0.15) is 19.5 Å². The van der Waals surface area contributed by atoms with E-state index in [2.05, 4.69) is 9.97 Å². The van der Waals surface area contributed by atoms with Gasteiger partial charge in [-0.1, -0.05) is 0 Å². The molecule has 0 fully saturated rings. The molecule has 1 aromatic heterocycles. The second-order valence-electron chi connectivity index (χ2n) is 3.86. The number of aromatic nitrogens is 2. The number of halogens is 3. The van der Waals surface area contributed by atoms with E-state index in [-0.39, 0.29) is 24.2 Å². The summed E-state index contributed by atoms with van der Waals surface area (Å²) in [7, 11) is 0. The zero-order chi connectivity index (χ0) is 13.1. The average molecular weight is 249 g/mol. The van der Waals surface area contributed by atoms with Crippen molar-refractivity contribution < 1.29 is 18.3 Å². The Morgan fingerprint density at radius 3 is 2.47 bits per heavy atom. The summed E-state index contributed by atoms with van der Waals surface area (Å²) in [5.74, 6) is 0.115. The number of anilines is 1. The molecule has 0 bridgehead atoms. The zero-order valence-electron chi connectivity index (χ0n) is 9.57. The molecule has 0 aromatic carbocycles. The molecule has 0 aliphatic carbocycles. The van der Waals surface area contributed by atoms with Crippen molar-refractivity contribution >= 4 is 5.82 Å². The van der Waals surface area contributed by atoms with Crippen molar-refractivity contribution in [2.24, 2.45) is 0 Å². The van der Waals surface area contributed by atoms with Gasteiger partial charge in [0, 0.05) is 6.04 Å². The Labute approximate surface area is 97.1 Å². The van der Waals surface area contributed by atoms with E-state index in [1.165, 1.54) is 12.4 Å². The Hall–Kier alpha value is -1.37. The molecule has 1 aromatic rings. The molecule has 7 heteroatoms. The topological polar surface area (TPSA) is 49.2 Å². The van der Waals surface area contributed by atoms with Gasteiger partial charge in [0.15, 0.2) is 0 Å². The summed E-state index contributed by atoms with van der Waals surface area (Å²) in [4.78, 5) is 8.76. The maximum atomic E-state index is 12.4. The smallest absolute Gasteiger partial charge is 0.390 e. The van der Waals surface area contributed by atoms with Gasteiger partial charge >= 0.3 is 6.18 Å². The first-order valence-electron chi connectivity index (χ1n) is 5.08. The molecular formula is C10H14F3N3O. The molecule has 0 aliphatic heterocycles. The number of aliphatic hydroxyl groups excluding tert-OH is 1. The van der Waals surface area contributed by atoms with Crippen LogP contribution in [0.2, 0.25) is 0 Å². The van der Waals surface area contributed by atoms with Crippen LogP contribution in [-0.2, 0) is 6.61 Å². The van der Waals surface area contributed by atoms with E-state index in [0.717, 1.165) is 4.90 Å². The zero-order valence-corrected chi connectivity index (χ0v) is 9.57. The van der Waals surface area contributed by atoms with Gasteiger partial charge in [-0.2, -0.15) is 13.2 Å². The quantitative estimate of drug-likeness (QED) is 0.883. The van der Waals surface area contributed by atoms with Crippen LogP contribution in [0, 0.1) is 0 Å². The number of alkyl halides is 3. The summed E-state index contributed by atoms with van der Waals surface area (Å²) in [6.07, 6.45) is -1.73. The summed E-state index contributed by atoms with van der Waals surface area (Å²) >= 11 is 0. The van der Waals surface area contributed by atoms with Gasteiger partial charge in [0.05, 0.1) is 24.7 Å². The lowest BCUT2D eigenvalue weighted by Crippen LogP contribution is -2.39. The molecule has 0 aliphatic rings. The van der Waals surface area contributed by atoms with E-state index >= 15 is 0 Å². The Morgan fingerprint density at radius 1 is 1.35 bits per heavy atom. The molecule has 0 radical (unpaired) electrons. The van der Waals surface area contributed by atoms with Gasteiger partial charge < -0.3 is 10.0 Å². The van der Waals surface area contributed by atoms with Gasteiger partial charge in [-0.05, 0) is 13.8 Å². The van der Waals surface area contributed by atoms with Crippen LogP contribution in [0.3, 0.4) is 0 Å². The minimum Gasteiger partial charge on any atom is -0.390 e. The first-order valence-corrected chi connectivity index (χ1v) is 5.08. The largest absolute Gasteiger partial charge is 0.405 e. The van der Waals surface area contributed by atoms with Gasteiger partial charge in [-0.25, -0.2) is 4.98 Å². The molecule has 1 N–H and O–H groups in total. The number of aliphatic hydroxyl groups is 1. The highest BCUT2D eigenvalue weighted by atomic mass is 19.4. The van der Waals surface area contributed by atoms with Gasteiger partial charge in [0.1, 0.15) is 12.4 Å². The third-order valence-corrected chi connectivity index (χ3v) is 2.10. The number of nitrogens with zero attached hydrogens (tertiary/aromatic N) is 3. The maximum Gasteiger partial charge on any atom is 0.405 e. The predicted octanol–water partition coefficient (Wildman–Crippen LogP) is 1.75.